The van der Waals surface area contributed by atoms with Gasteiger partial charge in [-0.1, -0.05) is 6.92 Å². The van der Waals surface area contributed by atoms with E-state index >= 15 is 0 Å². The van der Waals surface area contributed by atoms with E-state index in [0.717, 1.165) is 17.7 Å². The number of hydrogen-bond acceptors (Lipinski definition) is 5. The van der Waals surface area contributed by atoms with Crippen molar-refractivity contribution in [2.45, 2.75) is 19.8 Å². The summed E-state index contributed by atoms with van der Waals surface area (Å²) < 4.78 is 5.07. The van der Waals surface area contributed by atoms with Gasteiger partial charge in [-0.2, -0.15) is 0 Å². The summed E-state index contributed by atoms with van der Waals surface area (Å²) >= 11 is 1.36. The van der Waals surface area contributed by atoms with Gasteiger partial charge >= 0.3 is 5.97 Å². The predicted molar refractivity (Wildman–Crippen MR) is 84.2 cm³/mol. The number of aliphatic carboxylic acids is 1. The fraction of sp³-hybridized carbons (Fsp3) is 0.267. The standard InChI is InChI=1S/C15H16N2O4S/c1-2-3-13(18)17-15-16-12(9-22-15)10-4-6-11(7-5-10)21-8-14(19)20/h4-7,9H,2-3,8H2,1H3,(H,19,20)(H,16,17,18). The Morgan fingerprint density at radius 1 is 1.32 bits per heavy atom. The van der Waals surface area contributed by atoms with E-state index in [1.165, 1.54) is 11.3 Å². The molecule has 116 valence electrons. The van der Waals surface area contributed by atoms with Crippen LogP contribution in [0.3, 0.4) is 0 Å². The molecule has 1 heterocycles. The number of nitrogens with zero attached hydrogens (tertiary/aromatic N) is 1. The van der Waals surface area contributed by atoms with Gasteiger partial charge in [-0.15, -0.1) is 11.3 Å². The zero-order valence-electron chi connectivity index (χ0n) is 12.0. The van der Waals surface area contributed by atoms with Crippen LogP contribution in [0, 0.1) is 0 Å². The summed E-state index contributed by atoms with van der Waals surface area (Å²) in [6, 6.07) is 6.97. The number of anilines is 1. The molecule has 1 aromatic heterocycles. The number of carbonyl (C=O) groups is 2. The normalized spacial score (nSPS) is 10.2. The zero-order valence-corrected chi connectivity index (χ0v) is 12.9. The molecule has 1 amide bonds. The summed E-state index contributed by atoms with van der Waals surface area (Å²) in [6.45, 7) is 1.57. The number of carboxylic acids is 1. The second-order valence-corrected chi connectivity index (χ2v) is 5.40. The third-order valence-electron chi connectivity index (χ3n) is 2.74. The fourth-order valence-electron chi connectivity index (χ4n) is 1.74. The molecule has 2 rings (SSSR count). The van der Waals surface area contributed by atoms with Crippen molar-refractivity contribution in [1.29, 1.82) is 0 Å². The van der Waals surface area contributed by atoms with Crippen molar-refractivity contribution in [3.63, 3.8) is 0 Å². The smallest absolute Gasteiger partial charge is 0.341 e. The van der Waals surface area contributed by atoms with Gasteiger partial charge in [0, 0.05) is 17.4 Å². The van der Waals surface area contributed by atoms with Gasteiger partial charge in [0.25, 0.3) is 0 Å². The van der Waals surface area contributed by atoms with Crippen molar-refractivity contribution in [3.8, 4) is 17.0 Å². The Labute approximate surface area is 131 Å². The topological polar surface area (TPSA) is 88.5 Å². The maximum atomic E-state index is 11.5. The average molecular weight is 320 g/mol. The van der Waals surface area contributed by atoms with Crippen LogP contribution in [-0.4, -0.2) is 28.6 Å². The summed E-state index contributed by atoms with van der Waals surface area (Å²) in [6.07, 6.45) is 1.27. The van der Waals surface area contributed by atoms with Crippen LogP contribution >= 0.6 is 11.3 Å². The Bertz CT molecular complexity index is 652. The lowest BCUT2D eigenvalue weighted by Crippen LogP contribution is -2.10. The highest BCUT2D eigenvalue weighted by molar-refractivity contribution is 7.14. The monoisotopic (exact) mass is 320 g/mol. The Balaban J connectivity index is 2.01. The largest absolute Gasteiger partial charge is 0.482 e. The Morgan fingerprint density at radius 2 is 2.05 bits per heavy atom. The first kappa shape index (κ1) is 16.0. The van der Waals surface area contributed by atoms with Crippen LogP contribution in [0.15, 0.2) is 29.6 Å². The Hall–Kier alpha value is -2.41. The van der Waals surface area contributed by atoms with Crippen LogP contribution in [0.25, 0.3) is 11.3 Å². The van der Waals surface area contributed by atoms with Crippen molar-refractivity contribution < 1.29 is 19.4 Å². The van der Waals surface area contributed by atoms with Gasteiger partial charge in [0.2, 0.25) is 5.91 Å². The van der Waals surface area contributed by atoms with Gasteiger partial charge in [0.05, 0.1) is 5.69 Å². The number of amides is 1. The fourth-order valence-corrected chi connectivity index (χ4v) is 2.48. The predicted octanol–water partition coefficient (Wildman–Crippen LogP) is 3.01. The molecular weight excluding hydrogens is 304 g/mol. The van der Waals surface area contributed by atoms with Gasteiger partial charge in [-0.25, -0.2) is 9.78 Å². The number of rotatable bonds is 7. The van der Waals surface area contributed by atoms with E-state index in [9.17, 15) is 9.59 Å². The molecule has 0 bridgehead atoms. The lowest BCUT2D eigenvalue weighted by atomic mass is 10.2. The summed E-state index contributed by atoms with van der Waals surface area (Å²) in [7, 11) is 0. The number of ether oxygens (including phenoxy) is 1. The van der Waals surface area contributed by atoms with Crippen LogP contribution in [0.5, 0.6) is 5.75 Å². The Morgan fingerprint density at radius 3 is 2.68 bits per heavy atom. The first-order valence-electron chi connectivity index (χ1n) is 6.79. The van der Waals surface area contributed by atoms with Crippen molar-refractivity contribution in [2.24, 2.45) is 0 Å². The number of carbonyl (C=O) groups excluding carboxylic acids is 1. The first-order chi connectivity index (χ1) is 10.6. The summed E-state index contributed by atoms with van der Waals surface area (Å²) in [5, 5.41) is 13.7. The maximum Gasteiger partial charge on any atom is 0.341 e. The van der Waals surface area contributed by atoms with Crippen LogP contribution < -0.4 is 10.1 Å². The highest BCUT2D eigenvalue weighted by Gasteiger charge is 2.08. The van der Waals surface area contributed by atoms with E-state index in [1.807, 2.05) is 12.3 Å². The minimum atomic E-state index is -1.02. The molecule has 0 unspecified atom stereocenters. The third kappa shape index (κ3) is 4.56. The second-order valence-electron chi connectivity index (χ2n) is 4.54. The molecule has 2 N–H and O–H groups in total. The lowest BCUT2D eigenvalue weighted by Gasteiger charge is -2.03. The summed E-state index contributed by atoms with van der Waals surface area (Å²) in [5.41, 5.74) is 1.62. The number of hydrogen-bond donors (Lipinski definition) is 2. The quantitative estimate of drug-likeness (QED) is 0.818. The molecule has 0 fully saturated rings. The zero-order chi connectivity index (χ0) is 15.9. The van der Waals surface area contributed by atoms with Gasteiger partial charge < -0.3 is 15.2 Å². The minimum absolute atomic E-state index is 0.0409. The van der Waals surface area contributed by atoms with Crippen LogP contribution in [0.2, 0.25) is 0 Å². The second kappa shape index (κ2) is 7.56. The molecule has 0 saturated heterocycles. The average Bonchev–Trinajstić information content (AvgIpc) is 2.94. The molecule has 2 aromatic rings. The molecule has 0 saturated carbocycles. The van der Waals surface area contributed by atoms with Crippen molar-refractivity contribution in [2.75, 3.05) is 11.9 Å². The number of nitrogens with one attached hydrogen (secondary N) is 1. The molecule has 6 nitrogen and oxygen atoms in total. The van der Waals surface area contributed by atoms with Gasteiger partial charge in [-0.3, -0.25) is 4.79 Å². The molecule has 7 heteroatoms. The van der Waals surface area contributed by atoms with E-state index in [0.29, 0.717) is 17.3 Å². The molecule has 0 radical (unpaired) electrons. The summed E-state index contributed by atoms with van der Waals surface area (Å²) in [4.78, 5) is 26.3. The molecule has 0 aliphatic rings. The minimum Gasteiger partial charge on any atom is -0.482 e. The van der Waals surface area contributed by atoms with Crippen LogP contribution in [0.4, 0.5) is 5.13 Å². The molecule has 0 aliphatic heterocycles. The molecule has 22 heavy (non-hydrogen) atoms. The third-order valence-corrected chi connectivity index (χ3v) is 3.50. The van der Waals surface area contributed by atoms with Crippen molar-refractivity contribution >= 4 is 28.3 Å². The van der Waals surface area contributed by atoms with E-state index in [4.69, 9.17) is 9.84 Å². The van der Waals surface area contributed by atoms with Crippen molar-refractivity contribution in [1.82, 2.24) is 4.98 Å². The van der Waals surface area contributed by atoms with Crippen molar-refractivity contribution in [3.05, 3.63) is 29.6 Å². The number of aromatic nitrogens is 1. The lowest BCUT2D eigenvalue weighted by molar-refractivity contribution is -0.139. The number of benzene rings is 1. The van der Waals surface area contributed by atoms with Gasteiger partial charge in [0.1, 0.15) is 5.75 Å². The maximum absolute atomic E-state index is 11.5. The highest BCUT2D eigenvalue weighted by Crippen LogP contribution is 2.26. The van der Waals surface area contributed by atoms with E-state index in [1.54, 1.807) is 24.3 Å². The van der Waals surface area contributed by atoms with Crippen LogP contribution in [0.1, 0.15) is 19.8 Å². The SMILES string of the molecule is CCCC(=O)Nc1nc(-c2ccc(OCC(=O)O)cc2)cs1. The van der Waals surface area contributed by atoms with E-state index < -0.39 is 5.97 Å². The van der Waals surface area contributed by atoms with Crippen LogP contribution in [-0.2, 0) is 9.59 Å². The molecule has 0 spiro atoms. The first-order valence-corrected chi connectivity index (χ1v) is 7.67. The highest BCUT2D eigenvalue weighted by atomic mass is 32.1. The number of carboxylic acid groups (broad SMARTS) is 1. The number of thiazole rings is 1. The molecule has 0 atom stereocenters. The molecule has 0 aliphatic carbocycles. The summed E-state index contributed by atoms with van der Waals surface area (Å²) in [5.74, 6) is -0.574. The van der Waals surface area contributed by atoms with E-state index in [-0.39, 0.29) is 12.5 Å². The van der Waals surface area contributed by atoms with Gasteiger partial charge in [-0.05, 0) is 30.7 Å². The Kier molecular flexibility index (Phi) is 5.48. The molecular formula is C15H16N2O4S. The van der Waals surface area contributed by atoms with E-state index in [2.05, 4.69) is 10.3 Å². The molecule has 1 aromatic carbocycles. The van der Waals surface area contributed by atoms with Gasteiger partial charge in [0.15, 0.2) is 11.7 Å².